The molecular weight excluding hydrogens is 214 g/mol. The standard InChI is InChI=1S/C10H10ClN3O/c11-5-1-4-9-13-10(14-15-9)8-3-2-6-12-7-8/h2-3,6-7H,1,4-5H2. The van der Waals surface area contributed by atoms with Gasteiger partial charge in [0.1, 0.15) is 0 Å². The Bertz CT molecular complexity index is 416. The molecule has 0 radical (unpaired) electrons. The van der Waals surface area contributed by atoms with E-state index in [0.717, 1.165) is 18.4 Å². The third-order valence-electron chi connectivity index (χ3n) is 1.91. The van der Waals surface area contributed by atoms with Gasteiger partial charge in [-0.1, -0.05) is 5.16 Å². The number of nitrogens with zero attached hydrogens (tertiary/aromatic N) is 3. The van der Waals surface area contributed by atoms with E-state index in [1.54, 1.807) is 12.4 Å². The molecule has 0 N–H and O–H groups in total. The Labute approximate surface area is 92.3 Å². The zero-order chi connectivity index (χ0) is 10.5. The molecule has 15 heavy (non-hydrogen) atoms. The minimum absolute atomic E-state index is 0.577. The molecular formula is C10H10ClN3O. The van der Waals surface area contributed by atoms with E-state index in [1.807, 2.05) is 12.1 Å². The van der Waals surface area contributed by atoms with Gasteiger partial charge in [-0.25, -0.2) is 0 Å². The van der Waals surface area contributed by atoms with Crippen LogP contribution in [0.2, 0.25) is 0 Å². The minimum Gasteiger partial charge on any atom is -0.339 e. The van der Waals surface area contributed by atoms with Gasteiger partial charge in [-0.2, -0.15) is 4.98 Å². The fraction of sp³-hybridized carbons (Fsp3) is 0.300. The molecule has 0 aliphatic rings. The molecule has 0 spiro atoms. The number of aryl methyl sites for hydroxylation is 1. The number of pyridine rings is 1. The molecule has 2 aromatic heterocycles. The maximum absolute atomic E-state index is 5.58. The summed E-state index contributed by atoms with van der Waals surface area (Å²) in [5.74, 6) is 1.80. The average molecular weight is 224 g/mol. The highest BCUT2D eigenvalue weighted by molar-refractivity contribution is 6.17. The van der Waals surface area contributed by atoms with Crippen molar-refractivity contribution in [1.82, 2.24) is 15.1 Å². The summed E-state index contributed by atoms with van der Waals surface area (Å²) in [4.78, 5) is 8.23. The molecule has 5 heteroatoms. The summed E-state index contributed by atoms with van der Waals surface area (Å²) in [5.41, 5.74) is 0.860. The average Bonchev–Trinajstić information content (AvgIpc) is 2.76. The molecule has 0 saturated heterocycles. The topological polar surface area (TPSA) is 51.8 Å². The molecule has 0 atom stereocenters. The van der Waals surface area contributed by atoms with Crippen molar-refractivity contribution in [1.29, 1.82) is 0 Å². The first kappa shape index (κ1) is 10.1. The first-order valence-electron chi connectivity index (χ1n) is 4.69. The molecule has 2 rings (SSSR count). The molecule has 0 fully saturated rings. The molecule has 0 unspecified atom stereocenters. The van der Waals surface area contributed by atoms with E-state index < -0.39 is 0 Å². The molecule has 4 nitrogen and oxygen atoms in total. The summed E-state index contributed by atoms with van der Waals surface area (Å²) >= 11 is 5.58. The number of aromatic nitrogens is 3. The molecule has 0 saturated carbocycles. The fourth-order valence-electron chi connectivity index (χ4n) is 1.19. The Morgan fingerprint density at radius 3 is 3.07 bits per heavy atom. The van der Waals surface area contributed by atoms with Crippen LogP contribution in [0.15, 0.2) is 29.0 Å². The molecule has 0 bridgehead atoms. The number of hydrogen-bond donors (Lipinski definition) is 0. The van der Waals surface area contributed by atoms with Gasteiger partial charge in [-0.3, -0.25) is 4.98 Å². The molecule has 0 amide bonds. The highest BCUT2D eigenvalue weighted by atomic mass is 35.5. The monoisotopic (exact) mass is 223 g/mol. The van der Waals surface area contributed by atoms with E-state index in [2.05, 4.69) is 15.1 Å². The van der Waals surface area contributed by atoms with Crippen LogP contribution < -0.4 is 0 Å². The zero-order valence-corrected chi connectivity index (χ0v) is 8.81. The van der Waals surface area contributed by atoms with Gasteiger partial charge in [0.25, 0.3) is 0 Å². The maximum atomic E-state index is 5.58. The first-order valence-corrected chi connectivity index (χ1v) is 5.22. The summed E-state index contributed by atoms with van der Waals surface area (Å²) in [6.07, 6.45) is 4.97. The van der Waals surface area contributed by atoms with E-state index >= 15 is 0 Å². The number of hydrogen-bond acceptors (Lipinski definition) is 4. The van der Waals surface area contributed by atoms with Gasteiger partial charge in [0, 0.05) is 30.3 Å². The van der Waals surface area contributed by atoms with Crippen LogP contribution in [0, 0.1) is 0 Å². The van der Waals surface area contributed by atoms with Crippen molar-refractivity contribution in [3.63, 3.8) is 0 Å². The van der Waals surface area contributed by atoms with Crippen LogP contribution in [-0.4, -0.2) is 21.0 Å². The van der Waals surface area contributed by atoms with E-state index in [0.29, 0.717) is 17.6 Å². The van der Waals surface area contributed by atoms with E-state index in [9.17, 15) is 0 Å². The quantitative estimate of drug-likeness (QED) is 0.747. The van der Waals surface area contributed by atoms with Crippen LogP contribution in [-0.2, 0) is 6.42 Å². The van der Waals surface area contributed by atoms with Crippen molar-refractivity contribution in [2.75, 3.05) is 5.88 Å². The second-order valence-corrected chi connectivity index (χ2v) is 3.42. The highest BCUT2D eigenvalue weighted by Gasteiger charge is 2.07. The number of halogens is 1. The third kappa shape index (κ3) is 2.53. The Kier molecular flexibility index (Phi) is 3.29. The Hall–Kier alpha value is -1.42. The van der Waals surface area contributed by atoms with Crippen molar-refractivity contribution >= 4 is 11.6 Å². The van der Waals surface area contributed by atoms with Crippen molar-refractivity contribution in [3.05, 3.63) is 30.4 Å². The SMILES string of the molecule is ClCCCc1nc(-c2cccnc2)no1. The lowest BCUT2D eigenvalue weighted by atomic mass is 10.3. The molecule has 0 aromatic carbocycles. The van der Waals surface area contributed by atoms with Crippen molar-refractivity contribution in [3.8, 4) is 11.4 Å². The molecule has 2 aromatic rings. The zero-order valence-electron chi connectivity index (χ0n) is 8.06. The predicted octanol–water partition coefficient (Wildman–Crippen LogP) is 2.30. The molecule has 0 aliphatic heterocycles. The second-order valence-electron chi connectivity index (χ2n) is 3.05. The summed E-state index contributed by atoms with van der Waals surface area (Å²) in [6.45, 7) is 0. The van der Waals surface area contributed by atoms with E-state index in [1.165, 1.54) is 0 Å². The van der Waals surface area contributed by atoms with Gasteiger partial charge in [0.15, 0.2) is 0 Å². The Balaban J connectivity index is 2.14. The molecule has 78 valence electrons. The number of alkyl halides is 1. The van der Waals surface area contributed by atoms with E-state index in [-0.39, 0.29) is 0 Å². The summed E-state index contributed by atoms with van der Waals surface area (Å²) in [5, 5.41) is 3.87. The van der Waals surface area contributed by atoms with Crippen LogP contribution in [0.25, 0.3) is 11.4 Å². The Morgan fingerprint density at radius 1 is 1.40 bits per heavy atom. The molecule has 2 heterocycles. The van der Waals surface area contributed by atoms with Crippen LogP contribution in [0.1, 0.15) is 12.3 Å². The van der Waals surface area contributed by atoms with Crippen molar-refractivity contribution < 1.29 is 4.52 Å². The summed E-state index contributed by atoms with van der Waals surface area (Å²) in [7, 11) is 0. The van der Waals surface area contributed by atoms with Gasteiger partial charge in [0.2, 0.25) is 11.7 Å². The van der Waals surface area contributed by atoms with Gasteiger partial charge in [-0.05, 0) is 18.6 Å². The number of rotatable bonds is 4. The second kappa shape index (κ2) is 4.89. The normalized spacial score (nSPS) is 10.5. The van der Waals surface area contributed by atoms with Gasteiger partial charge in [-0.15, -0.1) is 11.6 Å². The van der Waals surface area contributed by atoms with Crippen LogP contribution in [0.5, 0.6) is 0 Å². The minimum atomic E-state index is 0.577. The fourth-order valence-corrected chi connectivity index (χ4v) is 1.32. The van der Waals surface area contributed by atoms with Gasteiger partial charge in [0.05, 0.1) is 0 Å². The predicted molar refractivity (Wildman–Crippen MR) is 56.6 cm³/mol. The van der Waals surface area contributed by atoms with Gasteiger partial charge < -0.3 is 4.52 Å². The maximum Gasteiger partial charge on any atom is 0.227 e. The van der Waals surface area contributed by atoms with Crippen molar-refractivity contribution in [2.24, 2.45) is 0 Å². The van der Waals surface area contributed by atoms with Crippen LogP contribution in [0.4, 0.5) is 0 Å². The van der Waals surface area contributed by atoms with Crippen molar-refractivity contribution in [2.45, 2.75) is 12.8 Å². The highest BCUT2D eigenvalue weighted by Crippen LogP contribution is 2.14. The van der Waals surface area contributed by atoms with Gasteiger partial charge >= 0.3 is 0 Å². The lowest BCUT2D eigenvalue weighted by molar-refractivity contribution is 0.378. The van der Waals surface area contributed by atoms with E-state index in [4.69, 9.17) is 16.1 Å². The summed E-state index contributed by atoms with van der Waals surface area (Å²) in [6, 6.07) is 3.73. The lowest BCUT2D eigenvalue weighted by Crippen LogP contribution is -1.86. The smallest absolute Gasteiger partial charge is 0.227 e. The molecule has 0 aliphatic carbocycles. The summed E-state index contributed by atoms with van der Waals surface area (Å²) < 4.78 is 5.07. The Morgan fingerprint density at radius 2 is 2.33 bits per heavy atom. The third-order valence-corrected chi connectivity index (χ3v) is 2.18. The lowest BCUT2D eigenvalue weighted by Gasteiger charge is -1.90. The van der Waals surface area contributed by atoms with Crippen LogP contribution in [0.3, 0.4) is 0 Å². The largest absolute Gasteiger partial charge is 0.339 e. The first-order chi connectivity index (χ1) is 7.40. The van der Waals surface area contributed by atoms with Crippen LogP contribution >= 0.6 is 11.6 Å².